The van der Waals surface area contributed by atoms with Gasteiger partial charge in [0, 0.05) is 45.1 Å². The van der Waals surface area contributed by atoms with Crippen molar-refractivity contribution in [3.05, 3.63) is 36.5 Å². The third kappa shape index (κ3) is 3.79. The Bertz CT molecular complexity index is 696. The lowest BCUT2D eigenvalue weighted by Crippen LogP contribution is -2.28. The van der Waals surface area contributed by atoms with Crippen LogP contribution in [0, 0.1) is 0 Å². The summed E-state index contributed by atoms with van der Waals surface area (Å²) in [7, 11) is -1.77. The van der Waals surface area contributed by atoms with Gasteiger partial charge < -0.3 is 9.88 Å². The Morgan fingerprint density at radius 1 is 1.29 bits per heavy atom. The molecule has 2 N–H and O–H groups in total. The molecule has 0 spiro atoms. The first kappa shape index (κ1) is 15.5. The smallest absolute Gasteiger partial charge is 0.260 e. The highest BCUT2D eigenvalue weighted by Gasteiger charge is 2.19. The number of imidazole rings is 1. The maximum atomic E-state index is 12.3. The Kier molecular flexibility index (Phi) is 4.92. The van der Waals surface area contributed by atoms with Crippen LogP contribution in [0.1, 0.15) is 12.7 Å². The summed E-state index contributed by atoms with van der Waals surface area (Å²) in [6.45, 7) is 2.80. The first-order valence-electron chi connectivity index (χ1n) is 6.69. The summed E-state index contributed by atoms with van der Waals surface area (Å²) in [6.07, 6.45) is 5.50. The fourth-order valence-corrected chi connectivity index (χ4v) is 3.07. The number of aryl methyl sites for hydroxylation is 1. The summed E-state index contributed by atoms with van der Waals surface area (Å²) < 4.78 is 29.0. The van der Waals surface area contributed by atoms with E-state index in [2.05, 4.69) is 20.0 Å². The van der Waals surface area contributed by atoms with E-state index < -0.39 is 10.0 Å². The lowest BCUT2D eigenvalue weighted by atomic mass is 10.4. The minimum atomic E-state index is -3.64. The Labute approximate surface area is 124 Å². The van der Waals surface area contributed by atoms with Crippen LogP contribution in [0.4, 0.5) is 5.69 Å². The van der Waals surface area contributed by atoms with E-state index in [0.29, 0.717) is 18.7 Å². The predicted molar refractivity (Wildman–Crippen MR) is 80.5 cm³/mol. The summed E-state index contributed by atoms with van der Waals surface area (Å²) in [6, 6.07) is 3.40. The molecule has 0 amide bonds. The number of pyridine rings is 1. The van der Waals surface area contributed by atoms with Gasteiger partial charge in [-0.3, -0.25) is 0 Å². The molecular formula is C13H19N5O2S. The normalized spacial score (nSPS) is 11.5. The van der Waals surface area contributed by atoms with Crippen molar-refractivity contribution in [1.29, 1.82) is 0 Å². The van der Waals surface area contributed by atoms with E-state index in [4.69, 9.17) is 0 Å². The number of rotatable bonds is 7. The molecule has 2 rings (SSSR count). The highest BCUT2D eigenvalue weighted by Crippen LogP contribution is 2.17. The van der Waals surface area contributed by atoms with E-state index in [0.717, 1.165) is 5.82 Å². The van der Waals surface area contributed by atoms with Crippen molar-refractivity contribution in [3.63, 3.8) is 0 Å². The zero-order valence-corrected chi connectivity index (χ0v) is 12.9. The molecule has 0 aliphatic rings. The molecule has 0 atom stereocenters. The highest BCUT2D eigenvalue weighted by molar-refractivity contribution is 7.89. The van der Waals surface area contributed by atoms with Gasteiger partial charge in [-0.1, -0.05) is 0 Å². The van der Waals surface area contributed by atoms with Crippen molar-refractivity contribution in [2.24, 2.45) is 7.05 Å². The number of hydrogen-bond acceptors (Lipinski definition) is 5. The SMILES string of the molecule is CCNc1cccnc1S(=O)(=O)NCCc1nccn1C. The van der Waals surface area contributed by atoms with E-state index >= 15 is 0 Å². The van der Waals surface area contributed by atoms with Gasteiger partial charge in [-0.05, 0) is 19.1 Å². The van der Waals surface area contributed by atoms with Crippen molar-refractivity contribution in [2.75, 3.05) is 18.4 Å². The number of anilines is 1. The summed E-state index contributed by atoms with van der Waals surface area (Å²) in [5, 5.41) is 3.02. The maximum Gasteiger partial charge on any atom is 0.260 e. The molecule has 0 aliphatic heterocycles. The molecule has 0 fully saturated rings. The zero-order chi connectivity index (χ0) is 15.3. The van der Waals surface area contributed by atoms with Crippen LogP contribution < -0.4 is 10.0 Å². The topological polar surface area (TPSA) is 88.9 Å². The van der Waals surface area contributed by atoms with Crippen LogP contribution >= 0.6 is 0 Å². The van der Waals surface area contributed by atoms with Gasteiger partial charge in [0.25, 0.3) is 10.0 Å². The van der Waals surface area contributed by atoms with Crippen LogP contribution in [0.5, 0.6) is 0 Å². The molecule has 0 aromatic carbocycles. The number of nitrogens with zero attached hydrogens (tertiary/aromatic N) is 3. The average molecular weight is 309 g/mol. The number of sulfonamides is 1. The van der Waals surface area contributed by atoms with Gasteiger partial charge in [-0.15, -0.1) is 0 Å². The summed E-state index contributed by atoms with van der Waals surface area (Å²) in [5.74, 6) is 0.825. The van der Waals surface area contributed by atoms with E-state index in [1.54, 1.807) is 18.3 Å². The summed E-state index contributed by atoms with van der Waals surface area (Å²) in [5.41, 5.74) is 0.504. The van der Waals surface area contributed by atoms with Crippen molar-refractivity contribution >= 4 is 15.7 Å². The van der Waals surface area contributed by atoms with Gasteiger partial charge in [0.2, 0.25) is 0 Å². The molecule has 0 aliphatic carbocycles. The minimum absolute atomic E-state index is 0.0201. The molecular weight excluding hydrogens is 290 g/mol. The molecule has 8 heteroatoms. The fourth-order valence-electron chi connectivity index (χ4n) is 1.93. The molecule has 0 bridgehead atoms. The molecule has 7 nitrogen and oxygen atoms in total. The van der Waals surface area contributed by atoms with Gasteiger partial charge in [0.05, 0.1) is 5.69 Å². The van der Waals surface area contributed by atoms with Crippen molar-refractivity contribution in [2.45, 2.75) is 18.4 Å². The molecule has 2 heterocycles. The van der Waals surface area contributed by atoms with Gasteiger partial charge in [0.1, 0.15) is 5.82 Å². The van der Waals surface area contributed by atoms with Crippen molar-refractivity contribution in [1.82, 2.24) is 19.3 Å². The molecule has 0 saturated heterocycles. The van der Waals surface area contributed by atoms with Crippen LogP contribution in [0.2, 0.25) is 0 Å². The number of hydrogen-bond donors (Lipinski definition) is 2. The Balaban J connectivity index is 2.07. The first-order valence-corrected chi connectivity index (χ1v) is 8.17. The molecule has 0 radical (unpaired) electrons. The standard InChI is InChI=1S/C13H19N5O2S/c1-3-14-11-5-4-7-16-13(11)21(19,20)17-8-6-12-15-9-10-18(12)2/h4-5,7,9-10,14,17H,3,6,8H2,1-2H3. The Hall–Kier alpha value is -1.93. The van der Waals surface area contributed by atoms with Gasteiger partial charge in [-0.25, -0.2) is 23.1 Å². The maximum absolute atomic E-state index is 12.3. The van der Waals surface area contributed by atoms with Crippen molar-refractivity contribution in [3.8, 4) is 0 Å². The highest BCUT2D eigenvalue weighted by atomic mass is 32.2. The fraction of sp³-hybridized carbons (Fsp3) is 0.385. The van der Waals surface area contributed by atoms with Crippen LogP contribution in [-0.2, 0) is 23.5 Å². The van der Waals surface area contributed by atoms with E-state index in [1.165, 1.54) is 6.20 Å². The van der Waals surface area contributed by atoms with E-state index in [1.807, 2.05) is 24.7 Å². The predicted octanol–water partition coefficient (Wildman–Crippen LogP) is 0.768. The largest absolute Gasteiger partial charge is 0.383 e. The van der Waals surface area contributed by atoms with Crippen molar-refractivity contribution < 1.29 is 8.42 Å². The Morgan fingerprint density at radius 3 is 2.76 bits per heavy atom. The second-order valence-corrected chi connectivity index (χ2v) is 6.17. The average Bonchev–Trinajstić information content (AvgIpc) is 2.85. The molecule has 21 heavy (non-hydrogen) atoms. The van der Waals surface area contributed by atoms with E-state index in [9.17, 15) is 8.42 Å². The summed E-state index contributed by atoms with van der Waals surface area (Å²) >= 11 is 0. The van der Waals surface area contributed by atoms with Crippen LogP contribution in [-0.4, -0.2) is 36.0 Å². The molecule has 114 valence electrons. The zero-order valence-electron chi connectivity index (χ0n) is 12.1. The quantitative estimate of drug-likeness (QED) is 0.788. The second-order valence-electron chi connectivity index (χ2n) is 4.49. The molecule has 2 aromatic rings. The third-order valence-electron chi connectivity index (χ3n) is 2.95. The van der Waals surface area contributed by atoms with E-state index in [-0.39, 0.29) is 11.6 Å². The summed E-state index contributed by atoms with van der Waals surface area (Å²) in [4.78, 5) is 8.12. The monoisotopic (exact) mass is 309 g/mol. The van der Waals surface area contributed by atoms with Crippen LogP contribution in [0.3, 0.4) is 0 Å². The van der Waals surface area contributed by atoms with Gasteiger partial charge in [0.15, 0.2) is 5.03 Å². The first-order chi connectivity index (χ1) is 10.0. The molecule has 2 aromatic heterocycles. The lowest BCUT2D eigenvalue weighted by molar-refractivity contribution is 0.576. The Morgan fingerprint density at radius 2 is 2.10 bits per heavy atom. The number of aromatic nitrogens is 3. The van der Waals surface area contributed by atoms with Crippen LogP contribution in [0.25, 0.3) is 0 Å². The second kappa shape index (κ2) is 6.68. The van der Waals surface area contributed by atoms with Gasteiger partial charge >= 0.3 is 0 Å². The third-order valence-corrected chi connectivity index (χ3v) is 4.37. The van der Waals surface area contributed by atoms with Crippen LogP contribution in [0.15, 0.2) is 35.7 Å². The minimum Gasteiger partial charge on any atom is -0.383 e. The molecule has 0 unspecified atom stereocenters. The lowest BCUT2D eigenvalue weighted by Gasteiger charge is -2.11. The van der Waals surface area contributed by atoms with Gasteiger partial charge in [-0.2, -0.15) is 0 Å². The number of nitrogens with one attached hydrogen (secondary N) is 2. The molecule has 0 saturated carbocycles.